The van der Waals surface area contributed by atoms with E-state index in [4.69, 9.17) is 23.8 Å². The second-order valence-electron chi connectivity index (χ2n) is 5.65. The molecule has 0 saturated carbocycles. The molecule has 3 aromatic rings. The van der Waals surface area contributed by atoms with E-state index in [0.717, 1.165) is 12.0 Å². The van der Waals surface area contributed by atoms with E-state index in [9.17, 15) is 9.59 Å². The van der Waals surface area contributed by atoms with Gasteiger partial charge in [-0.05, 0) is 54.5 Å². The van der Waals surface area contributed by atoms with Crippen LogP contribution < -0.4 is 10.9 Å². The zero-order valence-electron chi connectivity index (χ0n) is 13.4. The van der Waals surface area contributed by atoms with Crippen molar-refractivity contribution in [3.05, 3.63) is 73.7 Å². The molecule has 0 aliphatic carbocycles. The van der Waals surface area contributed by atoms with E-state index in [-0.39, 0.29) is 22.3 Å². The van der Waals surface area contributed by atoms with Crippen molar-refractivity contribution in [2.75, 3.05) is 0 Å². The number of benzene rings is 2. The highest BCUT2D eigenvalue weighted by Crippen LogP contribution is 2.20. The smallest absolute Gasteiger partial charge is 0.259 e. The Morgan fingerprint density at radius 1 is 1.20 bits per heavy atom. The van der Waals surface area contributed by atoms with Gasteiger partial charge in [-0.1, -0.05) is 30.7 Å². The van der Waals surface area contributed by atoms with Crippen molar-refractivity contribution in [2.24, 2.45) is 0 Å². The maximum absolute atomic E-state index is 12.6. The van der Waals surface area contributed by atoms with Crippen LogP contribution in [0.4, 0.5) is 0 Å². The summed E-state index contributed by atoms with van der Waals surface area (Å²) >= 11 is 10.9. The van der Waals surface area contributed by atoms with Crippen LogP contribution in [0.5, 0.6) is 0 Å². The van der Waals surface area contributed by atoms with E-state index >= 15 is 0 Å². The molecule has 3 rings (SSSR count). The van der Waals surface area contributed by atoms with Gasteiger partial charge in [0.2, 0.25) is 0 Å². The lowest BCUT2D eigenvalue weighted by atomic mass is 10.0. The van der Waals surface area contributed by atoms with Gasteiger partial charge in [0, 0.05) is 10.6 Å². The SMILES string of the molecule is CC[C@@H](NC(=O)c1ccc2c(=O)[nH]c(=S)[nH]c2c1)c1ccc(Cl)cc1. The number of halogens is 1. The number of H-pyrrole nitrogens is 2. The molecule has 0 fully saturated rings. The van der Waals surface area contributed by atoms with E-state index in [1.54, 1.807) is 30.3 Å². The molecule has 25 heavy (non-hydrogen) atoms. The number of carbonyl (C=O) groups excluding carboxylic acids is 1. The predicted molar refractivity (Wildman–Crippen MR) is 102 cm³/mol. The summed E-state index contributed by atoms with van der Waals surface area (Å²) in [4.78, 5) is 29.9. The lowest BCUT2D eigenvalue weighted by Gasteiger charge is -2.17. The molecule has 0 unspecified atom stereocenters. The highest BCUT2D eigenvalue weighted by Gasteiger charge is 2.15. The molecule has 5 nitrogen and oxygen atoms in total. The standard InChI is InChI=1S/C18H16ClN3O2S/c1-2-14(10-3-6-12(19)7-4-10)20-16(23)11-5-8-13-15(9-11)21-18(25)22-17(13)24/h3-9,14H,2H2,1H3,(H,20,23)(H2,21,22,24,25)/t14-/m1/s1. The number of carbonyl (C=O) groups is 1. The van der Waals surface area contributed by atoms with E-state index in [1.165, 1.54) is 0 Å². The molecule has 7 heteroatoms. The number of hydrogen-bond donors (Lipinski definition) is 3. The maximum atomic E-state index is 12.6. The summed E-state index contributed by atoms with van der Waals surface area (Å²) in [5.74, 6) is -0.219. The van der Waals surface area contributed by atoms with Crippen molar-refractivity contribution in [2.45, 2.75) is 19.4 Å². The minimum atomic E-state index is -0.279. The third-order valence-corrected chi connectivity index (χ3v) is 4.44. The fraction of sp³-hybridized carbons (Fsp3) is 0.167. The highest BCUT2D eigenvalue weighted by molar-refractivity contribution is 7.71. The molecule has 128 valence electrons. The van der Waals surface area contributed by atoms with Gasteiger partial charge in [-0.25, -0.2) is 0 Å². The minimum Gasteiger partial charge on any atom is -0.345 e. The first-order valence-corrected chi connectivity index (χ1v) is 8.59. The quantitative estimate of drug-likeness (QED) is 0.602. The summed E-state index contributed by atoms with van der Waals surface area (Å²) in [7, 11) is 0. The molecular formula is C18H16ClN3O2S. The summed E-state index contributed by atoms with van der Waals surface area (Å²) in [6.07, 6.45) is 0.739. The van der Waals surface area contributed by atoms with Gasteiger partial charge >= 0.3 is 0 Å². The lowest BCUT2D eigenvalue weighted by Crippen LogP contribution is -2.28. The van der Waals surface area contributed by atoms with E-state index in [0.29, 0.717) is 21.5 Å². The lowest BCUT2D eigenvalue weighted by molar-refractivity contribution is 0.0935. The van der Waals surface area contributed by atoms with Crippen LogP contribution in [0.1, 0.15) is 35.3 Å². The molecule has 0 aliphatic rings. The Hall–Kier alpha value is -2.44. The zero-order valence-corrected chi connectivity index (χ0v) is 15.0. The molecule has 1 heterocycles. The largest absolute Gasteiger partial charge is 0.345 e. The molecule has 1 atom stereocenters. The number of rotatable bonds is 4. The second-order valence-corrected chi connectivity index (χ2v) is 6.50. The first-order chi connectivity index (χ1) is 12.0. The summed E-state index contributed by atoms with van der Waals surface area (Å²) < 4.78 is 0.225. The number of aromatic amines is 2. The van der Waals surface area contributed by atoms with E-state index in [1.807, 2.05) is 19.1 Å². The van der Waals surface area contributed by atoms with Gasteiger partial charge in [-0.15, -0.1) is 0 Å². The first-order valence-electron chi connectivity index (χ1n) is 7.80. The van der Waals surface area contributed by atoms with Crippen molar-refractivity contribution in [3.63, 3.8) is 0 Å². The number of nitrogens with one attached hydrogen (secondary N) is 3. The zero-order chi connectivity index (χ0) is 18.0. The number of hydrogen-bond acceptors (Lipinski definition) is 3. The van der Waals surface area contributed by atoms with Crippen molar-refractivity contribution in [1.82, 2.24) is 15.3 Å². The third-order valence-electron chi connectivity index (χ3n) is 3.99. The highest BCUT2D eigenvalue weighted by atomic mass is 35.5. The van der Waals surface area contributed by atoms with Gasteiger partial charge in [0.15, 0.2) is 4.77 Å². The average Bonchev–Trinajstić information content (AvgIpc) is 2.59. The normalized spacial score (nSPS) is 12.1. The summed E-state index contributed by atoms with van der Waals surface area (Å²) in [5, 5.41) is 4.11. The van der Waals surface area contributed by atoms with Crippen molar-refractivity contribution in [3.8, 4) is 0 Å². The van der Waals surface area contributed by atoms with Gasteiger partial charge in [0.1, 0.15) is 0 Å². The van der Waals surface area contributed by atoms with Crippen LogP contribution in [0.15, 0.2) is 47.3 Å². The molecule has 0 spiro atoms. The summed E-state index contributed by atoms with van der Waals surface area (Å²) in [6.45, 7) is 2.00. The van der Waals surface area contributed by atoms with Crippen molar-refractivity contribution in [1.29, 1.82) is 0 Å². The number of fused-ring (bicyclic) bond motifs is 1. The molecule has 0 radical (unpaired) electrons. The molecule has 3 N–H and O–H groups in total. The molecule has 1 aromatic heterocycles. The molecule has 0 aliphatic heterocycles. The molecule has 1 amide bonds. The maximum Gasteiger partial charge on any atom is 0.259 e. The number of amides is 1. The second kappa shape index (κ2) is 7.21. The van der Waals surface area contributed by atoms with Crippen LogP contribution in [0.2, 0.25) is 5.02 Å². The Bertz CT molecular complexity index is 1040. The first kappa shape index (κ1) is 17.4. The van der Waals surface area contributed by atoms with Crippen LogP contribution in [-0.4, -0.2) is 15.9 Å². The Kier molecular flexibility index (Phi) is 5.01. The van der Waals surface area contributed by atoms with Gasteiger partial charge in [0.05, 0.1) is 16.9 Å². The fourth-order valence-corrected chi connectivity index (χ4v) is 3.00. The Morgan fingerprint density at radius 2 is 1.92 bits per heavy atom. The van der Waals surface area contributed by atoms with Crippen LogP contribution in [0, 0.1) is 4.77 Å². The van der Waals surface area contributed by atoms with Crippen LogP contribution in [-0.2, 0) is 0 Å². The van der Waals surface area contributed by atoms with Gasteiger partial charge in [-0.2, -0.15) is 0 Å². The van der Waals surface area contributed by atoms with E-state index in [2.05, 4.69) is 15.3 Å². The molecule has 0 saturated heterocycles. The van der Waals surface area contributed by atoms with Crippen LogP contribution in [0.3, 0.4) is 0 Å². The Morgan fingerprint density at radius 3 is 2.60 bits per heavy atom. The Balaban J connectivity index is 1.89. The predicted octanol–water partition coefficient (Wildman–Crippen LogP) is 4.12. The molecule has 2 aromatic carbocycles. The minimum absolute atomic E-state index is 0.127. The van der Waals surface area contributed by atoms with Crippen LogP contribution >= 0.6 is 23.8 Å². The van der Waals surface area contributed by atoms with Crippen molar-refractivity contribution < 1.29 is 4.79 Å². The van der Waals surface area contributed by atoms with Crippen molar-refractivity contribution >= 4 is 40.6 Å². The Labute approximate surface area is 154 Å². The third kappa shape index (κ3) is 3.81. The monoisotopic (exact) mass is 373 g/mol. The molecule has 0 bridgehead atoms. The van der Waals surface area contributed by atoms with Gasteiger partial charge < -0.3 is 10.3 Å². The summed E-state index contributed by atoms with van der Waals surface area (Å²) in [5.41, 5.74) is 1.69. The van der Waals surface area contributed by atoms with Gasteiger partial charge in [-0.3, -0.25) is 14.6 Å². The number of aromatic nitrogens is 2. The average molecular weight is 374 g/mol. The fourth-order valence-electron chi connectivity index (χ4n) is 2.67. The molecular weight excluding hydrogens is 358 g/mol. The topological polar surface area (TPSA) is 77.8 Å². The van der Waals surface area contributed by atoms with Gasteiger partial charge in [0.25, 0.3) is 11.5 Å². The van der Waals surface area contributed by atoms with E-state index < -0.39 is 0 Å². The summed E-state index contributed by atoms with van der Waals surface area (Å²) in [6, 6.07) is 12.1. The van der Waals surface area contributed by atoms with Crippen LogP contribution in [0.25, 0.3) is 10.9 Å².